The van der Waals surface area contributed by atoms with Crippen LogP contribution >= 0.6 is 22.9 Å². The highest BCUT2D eigenvalue weighted by Gasteiger charge is 2.29. The van der Waals surface area contributed by atoms with Crippen molar-refractivity contribution in [2.45, 2.75) is 44.8 Å². The molecule has 28 heavy (non-hydrogen) atoms. The van der Waals surface area contributed by atoms with Crippen LogP contribution in [0, 0.1) is 0 Å². The minimum Gasteiger partial charge on any atom is -0.454 e. The van der Waals surface area contributed by atoms with Crippen molar-refractivity contribution < 1.29 is 14.3 Å². The van der Waals surface area contributed by atoms with Gasteiger partial charge in [0.25, 0.3) is 0 Å². The summed E-state index contributed by atoms with van der Waals surface area (Å²) in [5.41, 5.74) is 0.891. The number of thiazole rings is 1. The Morgan fingerprint density at radius 3 is 2.89 bits per heavy atom. The average molecular weight is 422 g/mol. The molecule has 0 saturated carbocycles. The van der Waals surface area contributed by atoms with Gasteiger partial charge in [0.1, 0.15) is 5.01 Å². The van der Waals surface area contributed by atoms with Crippen molar-refractivity contribution >= 4 is 28.8 Å². The minimum atomic E-state index is 0.173. The third-order valence-electron chi connectivity index (χ3n) is 5.67. The van der Waals surface area contributed by atoms with Crippen molar-refractivity contribution in [1.29, 1.82) is 0 Å². The molecule has 2 aliphatic heterocycles. The highest BCUT2D eigenvalue weighted by atomic mass is 35.5. The van der Waals surface area contributed by atoms with Crippen LogP contribution in [0.5, 0.6) is 11.5 Å². The van der Waals surface area contributed by atoms with Gasteiger partial charge in [-0.1, -0.05) is 11.6 Å². The van der Waals surface area contributed by atoms with E-state index >= 15 is 0 Å². The van der Waals surface area contributed by atoms with Crippen LogP contribution in [0.25, 0.3) is 0 Å². The molecule has 150 valence electrons. The highest BCUT2D eigenvalue weighted by Crippen LogP contribution is 2.37. The summed E-state index contributed by atoms with van der Waals surface area (Å²) in [5, 5.41) is 3.72. The Bertz CT molecular complexity index is 845. The molecule has 1 aromatic carbocycles. The molecule has 0 N–H and O–H groups in total. The molecular formula is C20H24ClN3O3S. The van der Waals surface area contributed by atoms with Crippen molar-refractivity contribution in [2.75, 3.05) is 20.4 Å². The summed E-state index contributed by atoms with van der Waals surface area (Å²) in [6.07, 6.45) is 4.18. The van der Waals surface area contributed by atoms with Gasteiger partial charge in [-0.15, -0.1) is 11.3 Å². The summed E-state index contributed by atoms with van der Waals surface area (Å²) < 4.78 is 10.8. The number of likely N-dealkylation sites (tertiary alicyclic amines) is 1. The Labute approximate surface area is 174 Å². The van der Waals surface area contributed by atoms with Crippen LogP contribution < -0.4 is 9.47 Å². The number of benzene rings is 1. The average Bonchev–Trinajstić information content (AvgIpc) is 3.34. The molecule has 3 heterocycles. The molecule has 0 radical (unpaired) electrons. The molecule has 0 aliphatic carbocycles. The Balaban J connectivity index is 1.43. The van der Waals surface area contributed by atoms with E-state index in [0.717, 1.165) is 23.4 Å². The number of amides is 1. The standard InChI is InChI=1S/C20H24ClN3O3S/c1-13(20-22-6-8-28-20)23(2)15-3-4-19(25)24(7-5-15)11-14-9-17-18(10-16(14)21)27-12-26-17/h6,8-10,13,15H,3-5,7,11-12H2,1-2H3/t13-,15-/m0/s1. The second-order valence-electron chi connectivity index (χ2n) is 7.31. The summed E-state index contributed by atoms with van der Waals surface area (Å²) >= 11 is 8.08. The maximum Gasteiger partial charge on any atom is 0.231 e. The van der Waals surface area contributed by atoms with Crippen LogP contribution in [-0.2, 0) is 11.3 Å². The molecule has 0 spiro atoms. The van der Waals surface area contributed by atoms with Gasteiger partial charge in [0, 0.05) is 48.2 Å². The normalized spacial score (nSPS) is 20.5. The summed E-state index contributed by atoms with van der Waals surface area (Å²) in [5.74, 6) is 1.52. The van der Waals surface area contributed by atoms with Gasteiger partial charge in [-0.3, -0.25) is 9.69 Å². The molecule has 2 atom stereocenters. The fourth-order valence-corrected chi connectivity index (χ4v) is 4.77. The maximum absolute atomic E-state index is 12.7. The zero-order valence-corrected chi connectivity index (χ0v) is 17.6. The van der Waals surface area contributed by atoms with Gasteiger partial charge in [-0.25, -0.2) is 4.98 Å². The molecular weight excluding hydrogens is 398 g/mol. The molecule has 8 heteroatoms. The van der Waals surface area contributed by atoms with Gasteiger partial charge in [0.2, 0.25) is 12.7 Å². The minimum absolute atomic E-state index is 0.173. The van der Waals surface area contributed by atoms with E-state index < -0.39 is 0 Å². The van der Waals surface area contributed by atoms with Crippen molar-refractivity contribution in [3.63, 3.8) is 0 Å². The SMILES string of the molecule is C[C@@H](c1nccs1)N(C)[C@H]1CCC(=O)N(Cc2cc3c(cc2Cl)OCO3)CC1. The second kappa shape index (κ2) is 8.27. The van der Waals surface area contributed by atoms with E-state index in [1.165, 1.54) is 0 Å². The molecule has 1 amide bonds. The Morgan fingerprint density at radius 1 is 1.36 bits per heavy atom. The molecule has 1 fully saturated rings. The van der Waals surface area contributed by atoms with E-state index in [4.69, 9.17) is 21.1 Å². The lowest BCUT2D eigenvalue weighted by Gasteiger charge is -2.31. The number of halogens is 1. The van der Waals surface area contributed by atoms with Gasteiger partial charge in [0.15, 0.2) is 11.5 Å². The monoisotopic (exact) mass is 421 g/mol. The molecule has 1 saturated heterocycles. The first-order valence-corrected chi connectivity index (χ1v) is 10.8. The van der Waals surface area contributed by atoms with E-state index in [0.29, 0.717) is 42.1 Å². The number of aromatic nitrogens is 1. The molecule has 6 nitrogen and oxygen atoms in total. The molecule has 4 rings (SSSR count). The number of nitrogens with zero attached hydrogens (tertiary/aromatic N) is 3. The van der Waals surface area contributed by atoms with E-state index in [-0.39, 0.29) is 18.7 Å². The molecule has 2 aromatic rings. The summed E-state index contributed by atoms with van der Waals surface area (Å²) in [6, 6.07) is 4.25. The van der Waals surface area contributed by atoms with Crippen molar-refractivity contribution in [1.82, 2.24) is 14.8 Å². The zero-order valence-electron chi connectivity index (χ0n) is 16.1. The zero-order chi connectivity index (χ0) is 19.7. The Kier molecular flexibility index (Phi) is 5.75. The largest absolute Gasteiger partial charge is 0.454 e. The first-order valence-electron chi connectivity index (χ1n) is 9.50. The van der Waals surface area contributed by atoms with E-state index in [9.17, 15) is 4.79 Å². The smallest absolute Gasteiger partial charge is 0.231 e. The van der Waals surface area contributed by atoms with E-state index in [1.54, 1.807) is 17.4 Å². The molecule has 0 bridgehead atoms. The van der Waals surface area contributed by atoms with Gasteiger partial charge in [-0.2, -0.15) is 0 Å². The second-order valence-corrected chi connectivity index (χ2v) is 8.64. The van der Waals surface area contributed by atoms with Gasteiger partial charge >= 0.3 is 0 Å². The van der Waals surface area contributed by atoms with Crippen LogP contribution in [0.3, 0.4) is 0 Å². The lowest BCUT2D eigenvalue weighted by atomic mass is 10.1. The van der Waals surface area contributed by atoms with E-state index in [1.807, 2.05) is 22.5 Å². The summed E-state index contributed by atoms with van der Waals surface area (Å²) in [7, 11) is 2.13. The quantitative estimate of drug-likeness (QED) is 0.727. The van der Waals surface area contributed by atoms with Crippen LogP contribution in [0.2, 0.25) is 5.02 Å². The molecule has 2 aliphatic rings. The molecule has 1 aromatic heterocycles. The fraction of sp³-hybridized carbons (Fsp3) is 0.500. The topological polar surface area (TPSA) is 54.9 Å². The fourth-order valence-electron chi connectivity index (χ4n) is 3.81. The maximum atomic E-state index is 12.7. The third-order valence-corrected chi connectivity index (χ3v) is 6.97. The Hall–Kier alpha value is -1.83. The van der Waals surface area contributed by atoms with Gasteiger partial charge < -0.3 is 14.4 Å². The number of rotatable bonds is 5. The first kappa shape index (κ1) is 19.5. The van der Waals surface area contributed by atoms with Crippen LogP contribution in [0.4, 0.5) is 0 Å². The molecule has 0 unspecified atom stereocenters. The lowest BCUT2D eigenvalue weighted by Crippen LogP contribution is -2.35. The third kappa shape index (κ3) is 3.97. The number of fused-ring (bicyclic) bond motifs is 1. The van der Waals surface area contributed by atoms with Crippen molar-refractivity contribution in [3.8, 4) is 11.5 Å². The summed E-state index contributed by atoms with van der Waals surface area (Å²) in [6.45, 7) is 3.59. The number of carbonyl (C=O) groups is 1. The number of ether oxygens (including phenoxy) is 2. The summed E-state index contributed by atoms with van der Waals surface area (Å²) in [4.78, 5) is 21.4. The van der Waals surface area contributed by atoms with Crippen LogP contribution in [0.1, 0.15) is 42.8 Å². The predicted molar refractivity (Wildman–Crippen MR) is 109 cm³/mol. The Morgan fingerprint density at radius 2 is 2.14 bits per heavy atom. The number of hydrogen-bond acceptors (Lipinski definition) is 6. The highest BCUT2D eigenvalue weighted by molar-refractivity contribution is 7.09. The van der Waals surface area contributed by atoms with Crippen molar-refractivity contribution in [2.24, 2.45) is 0 Å². The van der Waals surface area contributed by atoms with Crippen molar-refractivity contribution in [3.05, 3.63) is 39.3 Å². The van der Waals surface area contributed by atoms with Gasteiger partial charge in [0.05, 0.1) is 6.04 Å². The van der Waals surface area contributed by atoms with E-state index in [2.05, 4.69) is 23.9 Å². The van der Waals surface area contributed by atoms with Crippen LogP contribution in [-0.4, -0.2) is 47.1 Å². The number of hydrogen-bond donors (Lipinski definition) is 0. The van der Waals surface area contributed by atoms with Crippen LogP contribution in [0.15, 0.2) is 23.7 Å². The first-order chi connectivity index (χ1) is 13.5. The predicted octanol–water partition coefficient (Wildman–Crippen LogP) is 4.10. The number of carbonyl (C=O) groups excluding carboxylic acids is 1. The lowest BCUT2D eigenvalue weighted by molar-refractivity contribution is -0.131. The van der Waals surface area contributed by atoms with Gasteiger partial charge in [-0.05, 0) is 38.4 Å².